The minimum atomic E-state index is 0.197. The lowest BCUT2D eigenvalue weighted by atomic mass is 9.64. The molecule has 0 aliphatic heterocycles. The summed E-state index contributed by atoms with van der Waals surface area (Å²) in [5, 5.41) is 10.1. The number of unbranched alkanes of at least 4 members (excludes halogenated alkanes) is 1. The summed E-state index contributed by atoms with van der Waals surface area (Å²) in [6.45, 7) is 6.75. The van der Waals surface area contributed by atoms with E-state index in [9.17, 15) is 0 Å². The summed E-state index contributed by atoms with van der Waals surface area (Å²) in [5.41, 5.74) is 5.40. The molecule has 1 fully saturated rings. The number of aromatic amines is 1. The molecule has 0 saturated heterocycles. The average molecular weight is 339 g/mol. The van der Waals surface area contributed by atoms with Gasteiger partial charge in [-0.3, -0.25) is 0 Å². The Morgan fingerprint density at radius 2 is 1.88 bits per heavy atom. The third kappa shape index (κ3) is 3.54. The summed E-state index contributed by atoms with van der Waals surface area (Å²) in [5.74, 6) is 0.636. The van der Waals surface area contributed by atoms with Crippen molar-refractivity contribution in [2.24, 2.45) is 5.41 Å². The van der Waals surface area contributed by atoms with Crippen molar-refractivity contribution in [2.75, 3.05) is 0 Å². The van der Waals surface area contributed by atoms with Crippen molar-refractivity contribution in [3.8, 4) is 0 Å². The topological polar surface area (TPSA) is 39.6 Å². The number of H-pyrrole nitrogens is 1. The van der Waals surface area contributed by atoms with Crippen LogP contribution in [0.25, 0.3) is 10.9 Å². The monoisotopic (exact) mass is 338 g/mol. The molecule has 1 aliphatic rings. The summed E-state index contributed by atoms with van der Waals surface area (Å²) >= 11 is 0. The van der Waals surface area contributed by atoms with E-state index in [4.69, 9.17) is 5.41 Å². The van der Waals surface area contributed by atoms with Gasteiger partial charge < -0.3 is 10.4 Å². The average Bonchev–Trinajstić information content (AvgIpc) is 2.98. The fraction of sp³-hybridized carbons (Fsp3) is 0.609. The van der Waals surface area contributed by atoms with Gasteiger partial charge in [-0.25, -0.2) is 0 Å². The van der Waals surface area contributed by atoms with Crippen LogP contribution in [0.15, 0.2) is 24.3 Å². The number of rotatable bonds is 7. The zero-order valence-corrected chi connectivity index (χ0v) is 16.3. The number of aryl methyl sites for hydroxylation is 1. The first kappa shape index (κ1) is 18.2. The van der Waals surface area contributed by atoms with Gasteiger partial charge in [-0.1, -0.05) is 51.3 Å². The second-order valence-corrected chi connectivity index (χ2v) is 8.10. The zero-order chi connectivity index (χ0) is 17.9. The summed E-state index contributed by atoms with van der Waals surface area (Å²) < 4.78 is 0. The fourth-order valence-corrected chi connectivity index (χ4v) is 4.90. The Balaban J connectivity index is 1.78. The van der Waals surface area contributed by atoms with Crippen LogP contribution in [-0.4, -0.2) is 10.7 Å². The maximum Gasteiger partial charge on any atom is 0.0458 e. The van der Waals surface area contributed by atoms with Crippen LogP contribution in [0.5, 0.6) is 0 Å². The number of nitrogens with one attached hydrogen (secondary N) is 2. The van der Waals surface area contributed by atoms with Gasteiger partial charge >= 0.3 is 0 Å². The normalized spacial score (nSPS) is 23.9. The van der Waals surface area contributed by atoms with Crippen LogP contribution in [0.3, 0.4) is 0 Å². The van der Waals surface area contributed by atoms with E-state index in [1.54, 1.807) is 0 Å². The first-order valence-electron chi connectivity index (χ1n) is 10.3. The summed E-state index contributed by atoms with van der Waals surface area (Å²) in [6.07, 6.45) is 10.7. The molecule has 1 heterocycles. The maximum absolute atomic E-state index is 8.70. The van der Waals surface area contributed by atoms with Crippen molar-refractivity contribution in [1.29, 1.82) is 5.41 Å². The van der Waals surface area contributed by atoms with Crippen LogP contribution >= 0.6 is 0 Å². The molecule has 0 radical (unpaired) electrons. The molecule has 2 heteroatoms. The largest absolute Gasteiger partial charge is 0.358 e. The maximum atomic E-state index is 8.70. The third-order valence-corrected chi connectivity index (χ3v) is 6.50. The van der Waals surface area contributed by atoms with Crippen molar-refractivity contribution in [3.05, 3.63) is 35.5 Å². The Kier molecular flexibility index (Phi) is 5.66. The fourth-order valence-electron chi connectivity index (χ4n) is 4.90. The van der Waals surface area contributed by atoms with E-state index in [-0.39, 0.29) is 5.41 Å². The van der Waals surface area contributed by atoms with Crippen LogP contribution in [0.2, 0.25) is 0 Å². The van der Waals surface area contributed by atoms with Crippen molar-refractivity contribution in [3.63, 3.8) is 0 Å². The van der Waals surface area contributed by atoms with Gasteiger partial charge in [0.1, 0.15) is 0 Å². The molecule has 0 spiro atoms. The van der Waals surface area contributed by atoms with Gasteiger partial charge in [0.2, 0.25) is 0 Å². The lowest BCUT2D eigenvalue weighted by molar-refractivity contribution is 0.232. The van der Waals surface area contributed by atoms with Crippen molar-refractivity contribution >= 4 is 16.6 Å². The molecule has 0 amide bonds. The first-order valence-corrected chi connectivity index (χ1v) is 10.3. The molecule has 1 saturated carbocycles. The minimum absolute atomic E-state index is 0.197. The Labute approximate surface area is 152 Å². The molecule has 2 nitrogen and oxygen atoms in total. The Hall–Kier alpha value is -1.57. The molecular formula is C23H34N2. The van der Waals surface area contributed by atoms with Crippen LogP contribution in [0.1, 0.15) is 88.8 Å². The number of fused-ring (bicyclic) bond motifs is 1. The lowest BCUT2D eigenvalue weighted by Crippen LogP contribution is -2.35. The highest BCUT2D eigenvalue weighted by Crippen LogP contribution is 2.48. The van der Waals surface area contributed by atoms with Gasteiger partial charge in [-0.2, -0.15) is 0 Å². The van der Waals surface area contributed by atoms with Crippen molar-refractivity contribution in [2.45, 2.75) is 84.5 Å². The molecule has 0 atom stereocenters. The lowest BCUT2D eigenvalue weighted by Gasteiger charge is -2.41. The predicted octanol–water partition coefficient (Wildman–Crippen LogP) is 7.13. The molecule has 1 aliphatic carbocycles. The smallest absolute Gasteiger partial charge is 0.0458 e. The summed E-state index contributed by atoms with van der Waals surface area (Å²) in [6, 6.07) is 8.67. The number of aromatic nitrogens is 1. The van der Waals surface area contributed by atoms with Gasteiger partial charge in [0.15, 0.2) is 0 Å². The molecule has 3 rings (SSSR count). The number of benzene rings is 1. The molecule has 2 N–H and O–H groups in total. The SMILES string of the molecule is CCCCC1(C(=N)CCC)CCC(c2[nH]c3ccccc3c2C)CC1. The van der Waals surface area contributed by atoms with E-state index in [1.165, 1.54) is 67.1 Å². The standard InChI is InChI=1S/C23H34N2/c1-4-6-14-23(21(24)9-5-2)15-12-18(13-16-23)22-17(3)19-10-7-8-11-20(19)25-22/h7-8,10-11,18,24-25H,4-6,9,12-16H2,1-3H3. The van der Waals surface area contributed by atoms with E-state index >= 15 is 0 Å². The molecule has 136 valence electrons. The molecule has 2 aromatic rings. The number of hydrogen-bond acceptors (Lipinski definition) is 1. The first-order chi connectivity index (χ1) is 12.1. The van der Waals surface area contributed by atoms with E-state index in [1.807, 2.05) is 0 Å². The molecule has 1 aromatic heterocycles. The van der Waals surface area contributed by atoms with Crippen molar-refractivity contribution in [1.82, 2.24) is 4.98 Å². The molecule has 0 bridgehead atoms. The molecule has 1 aromatic carbocycles. The highest BCUT2D eigenvalue weighted by Gasteiger charge is 2.38. The van der Waals surface area contributed by atoms with Crippen molar-refractivity contribution < 1.29 is 0 Å². The molecular weight excluding hydrogens is 304 g/mol. The summed E-state index contributed by atoms with van der Waals surface area (Å²) in [7, 11) is 0. The highest BCUT2D eigenvalue weighted by atomic mass is 14.7. The molecule has 0 unspecified atom stereocenters. The van der Waals surface area contributed by atoms with Gasteiger partial charge in [0, 0.05) is 27.7 Å². The van der Waals surface area contributed by atoms with E-state index in [0.29, 0.717) is 5.92 Å². The second-order valence-electron chi connectivity index (χ2n) is 8.10. The number of para-hydroxylation sites is 1. The summed E-state index contributed by atoms with van der Waals surface area (Å²) in [4.78, 5) is 3.70. The number of hydrogen-bond donors (Lipinski definition) is 2. The van der Waals surface area contributed by atoms with Crippen LogP contribution in [0, 0.1) is 17.7 Å². The predicted molar refractivity (Wildman–Crippen MR) is 109 cm³/mol. The van der Waals surface area contributed by atoms with E-state index in [0.717, 1.165) is 18.6 Å². The van der Waals surface area contributed by atoms with Gasteiger partial charge in [0.05, 0.1) is 0 Å². The third-order valence-electron chi connectivity index (χ3n) is 6.50. The van der Waals surface area contributed by atoms with Gasteiger partial charge in [-0.15, -0.1) is 0 Å². The Bertz CT molecular complexity index is 717. The van der Waals surface area contributed by atoms with Crippen LogP contribution in [-0.2, 0) is 0 Å². The quantitative estimate of drug-likeness (QED) is 0.504. The van der Waals surface area contributed by atoms with Crippen LogP contribution < -0.4 is 0 Å². The highest BCUT2D eigenvalue weighted by molar-refractivity contribution is 5.87. The van der Waals surface area contributed by atoms with Gasteiger partial charge in [0.25, 0.3) is 0 Å². The van der Waals surface area contributed by atoms with Gasteiger partial charge in [-0.05, 0) is 63.0 Å². The molecule has 25 heavy (non-hydrogen) atoms. The second kappa shape index (κ2) is 7.76. The minimum Gasteiger partial charge on any atom is -0.358 e. The zero-order valence-electron chi connectivity index (χ0n) is 16.3. The van der Waals surface area contributed by atoms with E-state index in [2.05, 4.69) is 50.0 Å². The Morgan fingerprint density at radius 1 is 1.16 bits per heavy atom. The Morgan fingerprint density at radius 3 is 2.52 bits per heavy atom. The van der Waals surface area contributed by atoms with E-state index < -0.39 is 0 Å². The van der Waals surface area contributed by atoms with Crippen LogP contribution in [0.4, 0.5) is 0 Å².